The summed E-state index contributed by atoms with van der Waals surface area (Å²) >= 11 is 0. The Balaban J connectivity index is 2.08. The van der Waals surface area contributed by atoms with E-state index in [0.717, 1.165) is 6.07 Å². The van der Waals surface area contributed by atoms with Crippen molar-refractivity contribution in [1.82, 2.24) is 5.32 Å². The average Bonchev–Trinajstić information content (AvgIpc) is 2.88. The lowest BCUT2D eigenvalue weighted by molar-refractivity contribution is -0.385. The molecule has 3 aromatic rings. The summed E-state index contributed by atoms with van der Waals surface area (Å²) in [5.41, 5.74) is 0.305. The summed E-state index contributed by atoms with van der Waals surface area (Å²) in [6, 6.07) is 16.9. The van der Waals surface area contributed by atoms with Crippen molar-refractivity contribution < 1.29 is 28.8 Å². The monoisotopic (exact) mass is 489 g/mol. The summed E-state index contributed by atoms with van der Waals surface area (Å²) in [5.74, 6) is -1.23. The number of anilines is 1. The number of carbonyl (C=O) groups is 3. The molecule has 0 atom stereocenters. The Morgan fingerprint density at radius 2 is 1.53 bits per heavy atom. The predicted molar refractivity (Wildman–Crippen MR) is 133 cm³/mol. The van der Waals surface area contributed by atoms with E-state index in [1.54, 1.807) is 48.5 Å². The van der Waals surface area contributed by atoms with Crippen molar-refractivity contribution in [2.24, 2.45) is 0 Å². The maximum atomic E-state index is 13.2. The number of nitrogens with zero attached hydrogens (tertiary/aromatic N) is 1. The summed E-state index contributed by atoms with van der Waals surface area (Å²) in [7, 11) is 2.70. The molecule has 10 heteroatoms. The fourth-order valence-corrected chi connectivity index (χ4v) is 3.27. The van der Waals surface area contributed by atoms with Crippen LogP contribution < -0.4 is 20.1 Å². The molecule has 0 bridgehead atoms. The molecule has 2 N–H and O–H groups in total. The van der Waals surface area contributed by atoms with E-state index in [0.29, 0.717) is 11.3 Å². The van der Waals surface area contributed by atoms with Crippen LogP contribution in [0.3, 0.4) is 0 Å². The van der Waals surface area contributed by atoms with Gasteiger partial charge in [0.05, 0.1) is 30.8 Å². The summed E-state index contributed by atoms with van der Waals surface area (Å²) < 4.78 is 10.4. The molecular formula is C26H23N3O7. The molecule has 2 amide bonds. The van der Waals surface area contributed by atoms with E-state index in [4.69, 9.17) is 9.47 Å². The van der Waals surface area contributed by atoms with E-state index in [9.17, 15) is 24.5 Å². The molecule has 0 heterocycles. The molecule has 0 aromatic heterocycles. The van der Waals surface area contributed by atoms with E-state index in [1.165, 1.54) is 39.4 Å². The average molecular weight is 489 g/mol. The molecule has 0 saturated carbocycles. The number of nitrogens with one attached hydrogen (secondary N) is 2. The molecular weight excluding hydrogens is 466 g/mol. The van der Waals surface area contributed by atoms with Crippen LogP contribution in [0.5, 0.6) is 11.5 Å². The van der Waals surface area contributed by atoms with Crippen molar-refractivity contribution in [2.45, 2.75) is 6.92 Å². The quantitative estimate of drug-likeness (QED) is 0.199. The van der Waals surface area contributed by atoms with Crippen LogP contribution in [0, 0.1) is 10.1 Å². The Hall–Kier alpha value is -4.99. The first-order valence-corrected chi connectivity index (χ1v) is 10.6. The molecule has 184 valence electrons. The number of ketones is 1. The van der Waals surface area contributed by atoms with Crippen LogP contribution in [0.25, 0.3) is 6.08 Å². The Morgan fingerprint density at radius 3 is 2.14 bits per heavy atom. The number of rotatable bonds is 9. The molecule has 0 spiro atoms. The smallest absolute Gasteiger partial charge is 0.280 e. The Labute approximate surface area is 206 Å². The molecule has 0 aliphatic carbocycles. The van der Waals surface area contributed by atoms with Crippen LogP contribution in [-0.2, 0) is 4.79 Å². The van der Waals surface area contributed by atoms with Gasteiger partial charge in [-0.3, -0.25) is 24.5 Å². The van der Waals surface area contributed by atoms with Crippen LogP contribution in [0.2, 0.25) is 0 Å². The molecule has 3 rings (SSSR count). The minimum absolute atomic E-state index is 0.00588. The molecule has 0 aliphatic heterocycles. The zero-order valence-electron chi connectivity index (χ0n) is 19.7. The largest absolute Gasteiger partial charge is 0.493 e. The fourth-order valence-electron chi connectivity index (χ4n) is 3.27. The molecule has 0 saturated heterocycles. The second kappa shape index (κ2) is 11.4. The van der Waals surface area contributed by atoms with E-state index >= 15 is 0 Å². The van der Waals surface area contributed by atoms with Gasteiger partial charge in [0.2, 0.25) is 0 Å². The Morgan fingerprint density at radius 1 is 0.889 bits per heavy atom. The summed E-state index contributed by atoms with van der Waals surface area (Å²) in [6.45, 7) is 1.39. The van der Waals surface area contributed by atoms with Gasteiger partial charge in [-0.25, -0.2) is 0 Å². The van der Waals surface area contributed by atoms with E-state index in [2.05, 4.69) is 10.6 Å². The molecule has 10 nitrogen and oxygen atoms in total. The third-order valence-electron chi connectivity index (χ3n) is 5.09. The zero-order chi connectivity index (χ0) is 26.2. The lowest BCUT2D eigenvalue weighted by atomic mass is 10.1. The number of methoxy groups -OCH3 is 2. The lowest BCUT2D eigenvalue weighted by Crippen LogP contribution is -2.30. The fraction of sp³-hybridized carbons (Fsp3) is 0.115. The number of hydrogen-bond donors (Lipinski definition) is 2. The van der Waals surface area contributed by atoms with Crippen LogP contribution in [0.15, 0.2) is 72.4 Å². The third kappa shape index (κ3) is 6.11. The normalized spacial score (nSPS) is 10.8. The highest BCUT2D eigenvalue weighted by Gasteiger charge is 2.22. The van der Waals surface area contributed by atoms with Gasteiger partial charge in [0.1, 0.15) is 5.70 Å². The van der Waals surface area contributed by atoms with E-state index in [1.807, 2.05) is 0 Å². The molecule has 36 heavy (non-hydrogen) atoms. The molecule has 0 radical (unpaired) electrons. The first-order valence-electron chi connectivity index (χ1n) is 10.6. The highest BCUT2D eigenvalue weighted by molar-refractivity contribution is 6.11. The topological polar surface area (TPSA) is 137 Å². The number of ether oxygens (including phenoxy) is 2. The molecule has 0 unspecified atom stereocenters. The van der Waals surface area contributed by atoms with Gasteiger partial charge < -0.3 is 20.1 Å². The molecule has 0 fully saturated rings. The minimum atomic E-state index is -0.760. The molecule has 3 aromatic carbocycles. The number of nitro groups is 1. The van der Waals surface area contributed by atoms with Crippen LogP contribution in [0.4, 0.5) is 11.4 Å². The number of carbonyl (C=O) groups excluding carboxylic acids is 3. The minimum Gasteiger partial charge on any atom is -0.493 e. The number of hydrogen-bond acceptors (Lipinski definition) is 7. The SMILES string of the molecule is COc1cc(/C=C(\NC(=O)c2ccccc2)C(=O)Nc2cccc(C(C)=O)c2)c([N+](=O)[O-])cc1OC. The van der Waals surface area contributed by atoms with E-state index < -0.39 is 16.7 Å². The third-order valence-corrected chi connectivity index (χ3v) is 5.09. The number of nitro benzene ring substituents is 1. The van der Waals surface area contributed by atoms with Crippen LogP contribution in [0.1, 0.15) is 33.2 Å². The van der Waals surface area contributed by atoms with Gasteiger partial charge in [-0.2, -0.15) is 0 Å². The molecule has 0 aliphatic rings. The highest BCUT2D eigenvalue weighted by Crippen LogP contribution is 2.35. The highest BCUT2D eigenvalue weighted by atomic mass is 16.6. The van der Waals surface area contributed by atoms with Crippen molar-refractivity contribution >= 4 is 35.0 Å². The van der Waals surface area contributed by atoms with Crippen molar-refractivity contribution in [3.8, 4) is 11.5 Å². The Kier molecular flexibility index (Phi) is 8.14. The van der Waals surface area contributed by atoms with Crippen molar-refractivity contribution in [2.75, 3.05) is 19.5 Å². The van der Waals surface area contributed by atoms with Crippen LogP contribution >= 0.6 is 0 Å². The number of benzene rings is 3. The maximum Gasteiger partial charge on any atom is 0.280 e. The van der Waals surface area contributed by atoms with Gasteiger partial charge in [-0.15, -0.1) is 0 Å². The second-order valence-corrected chi connectivity index (χ2v) is 7.49. The van der Waals surface area contributed by atoms with E-state index in [-0.39, 0.29) is 39.8 Å². The first kappa shape index (κ1) is 25.6. The van der Waals surface area contributed by atoms with Gasteiger partial charge in [0.15, 0.2) is 17.3 Å². The van der Waals surface area contributed by atoms with Gasteiger partial charge in [0.25, 0.3) is 17.5 Å². The second-order valence-electron chi connectivity index (χ2n) is 7.49. The van der Waals surface area contributed by atoms with Crippen molar-refractivity contribution in [3.63, 3.8) is 0 Å². The van der Waals surface area contributed by atoms with Crippen LogP contribution in [-0.4, -0.2) is 36.7 Å². The lowest BCUT2D eigenvalue weighted by Gasteiger charge is -2.13. The number of amides is 2. The summed E-state index contributed by atoms with van der Waals surface area (Å²) in [4.78, 5) is 48.9. The maximum absolute atomic E-state index is 13.2. The van der Waals surface area contributed by atoms with Crippen molar-refractivity contribution in [1.29, 1.82) is 0 Å². The zero-order valence-corrected chi connectivity index (χ0v) is 19.7. The van der Waals surface area contributed by atoms with Crippen molar-refractivity contribution in [3.05, 3.63) is 99.2 Å². The first-order chi connectivity index (χ1) is 17.2. The van der Waals surface area contributed by atoms with Gasteiger partial charge in [-0.05, 0) is 43.3 Å². The predicted octanol–water partition coefficient (Wildman–Crippen LogP) is 4.22. The summed E-state index contributed by atoms with van der Waals surface area (Å²) in [6.07, 6.45) is 1.17. The van der Waals surface area contributed by atoms with Gasteiger partial charge in [-0.1, -0.05) is 30.3 Å². The van der Waals surface area contributed by atoms with Gasteiger partial charge >= 0.3 is 0 Å². The number of Topliss-reactive ketones (excluding diaryl/α,β-unsaturated/α-hetero) is 1. The standard InChI is InChI=1S/C26H23N3O7/c1-16(30)18-10-7-11-20(12-18)27-26(32)21(28-25(31)17-8-5-4-6-9-17)13-19-14-23(35-2)24(36-3)15-22(19)29(33)34/h4-15H,1-3H3,(H,27,32)(H,28,31)/b21-13-. The Bertz CT molecular complexity index is 1350. The summed E-state index contributed by atoms with van der Waals surface area (Å²) in [5, 5.41) is 16.9. The van der Waals surface area contributed by atoms with Gasteiger partial charge in [0, 0.05) is 16.8 Å².